The molecule has 2 atom stereocenters. The average molecular weight is 561 g/mol. The van der Waals surface area contributed by atoms with Crippen molar-refractivity contribution in [2.75, 3.05) is 31.5 Å². The number of amides is 2. The van der Waals surface area contributed by atoms with Gasteiger partial charge in [0.1, 0.15) is 10.3 Å². The minimum absolute atomic E-state index is 0.0414. The van der Waals surface area contributed by atoms with Crippen LogP contribution in [0.25, 0.3) is 10.1 Å². The molecule has 3 aromatic rings. The molecule has 2 fully saturated rings. The number of thiophene rings is 1. The van der Waals surface area contributed by atoms with Crippen LogP contribution in [0.15, 0.2) is 58.8 Å². The van der Waals surface area contributed by atoms with Crippen LogP contribution in [0.2, 0.25) is 5.02 Å². The lowest BCUT2D eigenvalue weighted by atomic mass is 10.1. The number of likely N-dealkylation sites (tertiary alicyclic amines) is 2. The number of nitrogens with one attached hydrogen (secondary N) is 2. The molecule has 2 saturated heterocycles. The first-order valence-corrected chi connectivity index (χ1v) is 15.1. The largest absolute Gasteiger partial charge is 0.383 e. The molecular formula is C26H29ClN4O4S2. The Labute approximate surface area is 225 Å². The number of rotatable bonds is 8. The maximum atomic E-state index is 13.2. The number of para-hydroxylation sites is 1. The number of carbonyl (C=O) groups is 2. The summed E-state index contributed by atoms with van der Waals surface area (Å²) in [5, 5.41) is 4.65. The monoisotopic (exact) mass is 560 g/mol. The Morgan fingerprint density at radius 1 is 1.05 bits per heavy atom. The molecule has 2 amide bonds. The van der Waals surface area contributed by atoms with Crippen molar-refractivity contribution in [2.24, 2.45) is 0 Å². The second-order valence-corrected chi connectivity index (χ2v) is 12.9. The Balaban J connectivity index is 1.21. The fraction of sp³-hybridized carbons (Fsp3) is 0.385. The number of hydrogen-bond acceptors (Lipinski definition) is 6. The number of anilines is 1. The van der Waals surface area contributed by atoms with E-state index in [1.165, 1.54) is 4.90 Å². The maximum Gasteiger partial charge on any atom is 0.250 e. The minimum atomic E-state index is -3.90. The lowest BCUT2D eigenvalue weighted by Gasteiger charge is -2.34. The SMILES string of the molecule is O=C1[C@@H](NS(=O)(=O)c2cc3cc(Cl)ccc3s2)CCCN1CC(=O)N1CCC[C@H]1CNc1ccccc1. The van der Waals surface area contributed by atoms with Crippen LogP contribution in [-0.2, 0) is 19.6 Å². The van der Waals surface area contributed by atoms with Crippen LogP contribution in [0.3, 0.4) is 0 Å². The Bertz CT molecular complexity index is 1400. The van der Waals surface area contributed by atoms with E-state index >= 15 is 0 Å². The molecule has 8 nitrogen and oxygen atoms in total. The van der Waals surface area contributed by atoms with Gasteiger partial charge in [0.05, 0.1) is 6.54 Å². The fourth-order valence-electron chi connectivity index (χ4n) is 5.00. The molecule has 0 radical (unpaired) electrons. The van der Waals surface area contributed by atoms with Crippen molar-refractivity contribution in [2.45, 2.75) is 42.0 Å². The predicted octanol–water partition coefficient (Wildman–Crippen LogP) is 3.93. The summed E-state index contributed by atoms with van der Waals surface area (Å²) in [6, 6.07) is 15.8. The Morgan fingerprint density at radius 2 is 1.84 bits per heavy atom. The molecule has 0 spiro atoms. The summed E-state index contributed by atoms with van der Waals surface area (Å²) in [6.07, 6.45) is 2.84. The summed E-state index contributed by atoms with van der Waals surface area (Å²) in [7, 11) is -3.90. The molecule has 2 N–H and O–H groups in total. The van der Waals surface area contributed by atoms with Gasteiger partial charge in [0.2, 0.25) is 11.8 Å². The van der Waals surface area contributed by atoms with Crippen LogP contribution in [0.4, 0.5) is 5.69 Å². The van der Waals surface area contributed by atoms with Crippen LogP contribution in [0.1, 0.15) is 25.7 Å². The quantitative estimate of drug-likeness (QED) is 0.435. The topological polar surface area (TPSA) is 98.8 Å². The highest BCUT2D eigenvalue weighted by molar-refractivity contribution is 7.91. The van der Waals surface area contributed by atoms with E-state index < -0.39 is 16.1 Å². The lowest BCUT2D eigenvalue weighted by molar-refractivity contribution is -0.143. The molecule has 37 heavy (non-hydrogen) atoms. The van der Waals surface area contributed by atoms with E-state index in [1.54, 1.807) is 24.3 Å². The van der Waals surface area contributed by atoms with Crippen LogP contribution in [0.5, 0.6) is 0 Å². The van der Waals surface area contributed by atoms with E-state index in [4.69, 9.17) is 11.6 Å². The summed E-state index contributed by atoms with van der Waals surface area (Å²) in [4.78, 5) is 29.7. The fourth-order valence-corrected chi connectivity index (χ4v) is 7.80. The Morgan fingerprint density at radius 3 is 2.65 bits per heavy atom. The first-order chi connectivity index (χ1) is 17.8. The van der Waals surface area contributed by atoms with E-state index in [0.717, 1.165) is 40.0 Å². The lowest BCUT2D eigenvalue weighted by Crippen LogP contribution is -2.55. The third kappa shape index (κ3) is 5.93. The molecule has 2 aromatic carbocycles. The number of halogens is 1. The van der Waals surface area contributed by atoms with Gasteiger partial charge in [-0.05, 0) is 67.5 Å². The van der Waals surface area contributed by atoms with Gasteiger partial charge in [0.15, 0.2) is 0 Å². The zero-order valence-electron chi connectivity index (χ0n) is 20.2. The Hall–Kier alpha value is -2.66. The molecule has 2 aliphatic heterocycles. The van der Waals surface area contributed by atoms with Gasteiger partial charge in [0.25, 0.3) is 10.0 Å². The second kappa shape index (κ2) is 11.0. The van der Waals surface area contributed by atoms with E-state index in [2.05, 4.69) is 10.0 Å². The van der Waals surface area contributed by atoms with Crippen molar-refractivity contribution in [1.82, 2.24) is 14.5 Å². The van der Waals surface area contributed by atoms with Gasteiger partial charge in [-0.15, -0.1) is 11.3 Å². The van der Waals surface area contributed by atoms with Crippen LogP contribution in [-0.4, -0.2) is 68.3 Å². The van der Waals surface area contributed by atoms with Gasteiger partial charge < -0.3 is 15.1 Å². The van der Waals surface area contributed by atoms with Crippen molar-refractivity contribution in [3.05, 3.63) is 59.6 Å². The molecule has 11 heteroatoms. The van der Waals surface area contributed by atoms with E-state index in [0.29, 0.717) is 37.5 Å². The normalized spacial score (nSPS) is 20.5. The first-order valence-electron chi connectivity index (χ1n) is 12.4. The molecular weight excluding hydrogens is 532 g/mol. The molecule has 0 saturated carbocycles. The van der Waals surface area contributed by atoms with Crippen LogP contribution in [0, 0.1) is 0 Å². The van der Waals surface area contributed by atoms with E-state index in [1.807, 2.05) is 35.2 Å². The predicted molar refractivity (Wildman–Crippen MR) is 146 cm³/mol. The van der Waals surface area contributed by atoms with Gasteiger partial charge in [-0.3, -0.25) is 9.59 Å². The molecule has 1 aromatic heterocycles. The summed E-state index contributed by atoms with van der Waals surface area (Å²) in [5.41, 5.74) is 1.00. The molecule has 0 unspecified atom stereocenters. The second-order valence-electron chi connectivity index (χ2n) is 9.45. The van der Waals surface area contributed by atoms with Gasteiger partial charge in [0, 0.05) is 41.1 Å². The number of sulfonamides is 1. The number of piperidine rings is 1. The van der Waals surface area contributed by atoms with Crippen molar-refractivity contribution >= 4 is 60.5 Å². The molecule has 196 valence electrons. The number of hydrogen-bond donors (Lipinski definition) is 2. The molecule has 5 rings (SSSR count). The first kappa shape index (κ1) is 26.0. The third-order valence-electron chi connectivity index (χ3n) is 6.89. The molecule has 3 heterocycles. The minimum Gasteiger partial charge on any atom is -0.383 e. The van der Waals surface area contributed by atoms with Crippen molar-refractivity contribution in [1.29, 1.82) is 0 Å². The molecule has 2 aliphatic rings. The highest BCUT2D eigenvalue weighted by Gasteiger charge is 2.36. The Kier molecular flexibility index (Phi) is 7.71. The van der Waals surface area contributed by atoms with Gasteiger partial charge in [-0.1, -0.05) is 29.8 Å². The van der Waals surface area contributed by atoms with Gasteiger partial charge in [-0.2, -0.15) is 4.72 Å². The van der Waals surface area contributed by atoms with Crippen LogP contribution < -0.4 is 10.0 Å². The number of nitrogens with zero attached hydrogens (tertiary/aromatic N) is 2. The van der Waals surface area contributed by atoms with Gasteiger partial charge in [-0.25, -0.2) is 8.42 Å². The highest BCUT2D eigenvalue weighted by atomic mass is 35.5. The van der Waals surface area contributed by atoms with Crippen molar-refractivity contribution in [3.8, 4) is 0 Å². The standard InChI is InChI=1S/C26H29ClN4O4S2/c27-19-10-11-23-18(14-19)15-25(36-23)37(34,35)29-22-9-5-12-30(26(22)33)17-24(32)31-13-4-8-21(31)16-28-20-6-2-1-3-7-20/h1-3,6-7,10-11,14-15,21-22,28-29H,4-5,8-9,12-13,16-17H2/t21-,22-/m0/s1. The summed E-state index contributed by atoms with van der Waals surface area (Å²) < 4.78 is 29.7. The zero-order chi connectivity index (χ0) is 26.0. The summed E-state index contributed by atoms with van der Waals surface area (Å²) >= 11 is 7.16. The van der Waals surface area contributed by atoms with E-state index in [-0.39, 0.29) is 28.6 Å². The van der Waals surface area contributed by atoms with Crippen LogP contribution >= 0.6 is 22.9 Å². The van der Waals surface area contributed by atoms with Crippen molar-refractivity contribution in [3.63, 3.8) is 0 Å². The number of carbonyl (C=O) groups excluding carboxylic acids is 2. The van der Waals surface area contributed by atoms with Crippen molar-refractivity contribution < 1.29 is 18.0 Å². The molecule has 0 aliphatic carbocycles. The smallest absolute Gasteiger partial charge is 0.250 e. The summed E-state index contributed by atoms with van der Waals surface area (Å²) in [5.74, 6) is -0.457. The van der Waals surface area contributed by atoms with Gasteiger partial charge >= 0.3 is 0 Å². The average Bonchev–Trinajstić information content (AvgIpc) is 3.53. The summed E-state index contributed by atoms with van der Waals surface area (Å²) in [6.45, 7) is 1.70. The molecule has 0 bridgehead atoms. The highest BCUT2D eigenvalue weighted by Crippen LogP contribution is 2.31. The number of benzene rings is 2. The van der Waals surface area contributed by atoms with E-state index in [9.17, 15) is 18.0 Å². The third-order valence-corrected chi connectivity index (χ3v) is 10.2. The number of fused-ring (bicyclic) bond motifs is 1. The maximum absolute atomic E-state index is 13.2. The zero-order valence-corrected chi connectivity index (χ0v) is 22.6.